The lowest BCUT2D eigenvalue weighted by atomic mass is 10.1. The van der Waals surface area contributed by atoms with Crippen molar-refractivity contribution in [3.63, 3.8) is 0 Å². The molecule has 0 unspecified atom stereocenters. The Kier molecular flexibility index (Phi) is 3.02. The first kappa shape index (κ1) is 11.9. The van der Waals surface area contributed by atoms with Gasteiger partial charge >= 0.3 is 5.97 Å². The van der Waals surface area contributed by atoms with Crippen LogP contribution in [0.15, 0.2) is 29.1 Å². The van der Waals surface area contributed by atoms with Crippen LogP contribution in [0.3, 0.4) is 0 Å². The molecule has 0 saturated heterocycles. The van der Waals surface area contributed by atoms with E-state index in [0.717, 1.165) is 4.70 Å². The number of rotatable bonds is 3. The van der Waals surface area contributed by atoms with Crippen molar-refractivity contribution in [3.8, 4) is 0 Å². The molecule has 90 valence electrons. The fraction of sp³-hybridized carbons (Fsp3) is 0.333. The molecule has 0 saturated carbocycles. The Bertz CT molecular complexity index is 611. The van der Waals surface area contributed by atoms with Crippen molar-refractivity contribution < 1.29 is 9.90 Å². The van der Waals surface area contributed by atoms with Crippen LogP contribution < -0.4 is 5.56 Å². The average molecular weight is 251 g/mol. The van der Waals surface area contributed by atoms with Gasteiger partial charge in [0.25, 0.3) is 5.56 Å². The smallest absolute Gasteiger partial charge is 0.328 e. The molecule has 0 amide bonds. The summed E-state index contributed by atoms with van der Waals surface area (Å²) in [6.45, 7) is 3.60. The SMILES string of the molecule is CC(C)[C@@H](C(=O)O)n1sc2ccccc2c1=O. The number of hydrogen-bond donors (Lipinski definition) is 1. The van der Waals surface area contributed by atoms with Crippen molar-refractivity contribution in [2.45, 2.75) is 19.9 Å². The summed E-state index contributed by atoms with van der Waals surface area (Å²) < 4.78 is 2.18. The molecule has 0 fully saturated rings. The van der Waals surface area contributed by atoms with Gasteiger partial charge in [-0.25, -0.2) is 8.75 Å². The average Bonchev–Trinajstić information content (AvgIpc) is 2.56. The normalized spacial score (nSPS) is 13.1. The minimum absolute atomic E-state index is 0.127. The maximum Gasteiger partial charge on any atom is 0.328 e. The number of aliphatic carboxylic acids is 1. The van der Waals surface area contributed by atoms with Gasteiger partial charge in [-0.15, -0.1) is 0 Å². The Hall–Kier alpha value is -1.62. The van der Waals surface area contributed by atoms with E-state index in [9.17, 15) is 14.7 Å². The summed E-state index contributed by atoms with van der Waals surface area (Å²) in [5, 5.41) is 9.78. The highest BCUT2D eigenvalue weighted by Gasteiger charge is 2.26. The third kappa shape index (κ3) is 1.98. The summed E-state index contributed by atoms with van der Waals surface area (Å²) in [5.74, 6) is -1.09. The van der Waals surface area contributed by atoms with Gasteiger partial charge in [-0.2, -0.15) is 0 Å². The zero-order valence-electron chi connectivity index (χ0n) is 9.58. The number of aromatic nitrogens is 1. The second-order valence-corrected chi connectivity index (χ2v) is 5.26. The second kappa shape index (κ2) is 4.33. The molecule has 0 aliphatic rings. The molecule has 0 bridgehead atoms. The molecule has 2 aromatic rings. The fourth-order valence-corrected chi connectivity index (χ4v) is 3.06. The van der Waals surface area contributed by atoms with Gasteiger partial charge in [0.05, 0.1) is 10.1 Å². The first-order valence-corrected chi connectivity index (χ1v) is 6.13. The van der Waals surface area contributed by atoms with Gasteiger partial charge in [-0.05, 0) is 18.1 Å². The quantitative estimate of drug-likeness (QED) is 0.910. The van der Waals surface area contributed by atoms with Crippen LogP contribution in [-0.4, -0.2) is 15.0 Å². The van der Waals surface area contributed by atoms with Crippen molar-refractivity contribution in [2.75, 3.05) is 0 Å². The summed E-state index contributed by atoms with van der Waals surface area (Å²) >= 11 is 1.21. The molecule has 1 atom stereocenters. The zero-order chi connectivity index (χ0) is 12.6. The van der Waals surface area contributed by atoms with E-state index in [-0.39, 0.29) is 11.5 Å². The van der Waals surface area contributed by atoms with Crippen LogP contribution >= 0.6 is 11.5 Å². The predicted molar refractivity (Wildman–Crippen MR) is 67.6 cm³/mol. The van der Waals surface area contributed by atoms with Crippen LogP contribution in [0.25, 0.3) is 10.1 Å². The van der Waals surface area contributed by atoms with Crippen molar-refractivity contribution in [3.05, 3.63) is 34.6 Å². The van der Waals surface area contributed by atoms with Crippen LogP contribution in [0, 0.1) is 5.92 Å². The van der Waals surface area contributed by atoms with E-state index in [1.165, 1.54) is 15.5 Å². The third-order valence-corrected chi connectivity index (χ3v) is 3.79. The highest BCUT2D eigenvalue weighted by Crippen LogP contribution is 2.24. The summed E-state index contributed by atoms with van der Waals surface area (Å²) in [6.07, 6.45) is 0. The first-order valence-electron chi connectivity index (χ1n) is 5.35. The molecular formula is C12H13NO3S. The molecule has 2 rings (SSSR count). The summed E-state index contributed by atoms with van der Waals surface area (Å²) in [6, 6.07) is 6.39. The molecule has 0 aliphatic carbocycles. The molecule has 1 aromatic carbocycles. The number of carboxylic acid groups (broad SMARTS) is 1. The molecule has 1 heterocycles. The maximum absolute atomic E-state index is 12.1. The van der Waals surface area contributed by atoms with Crippen molar-refractivity contribution in [1.29, 1.82) is 0 Å². The lowest BCUT2D eigenvalue weighted by Crippen LogP contribution is -2.29. The van der Waals surface area contributed by atoms with Crippen LogP contribution in [0.1, 0.15) is 19.9 Å². The molecule has 5 heteroatoms. The van der Waals surface area contributed by atoms with E-state index in [2.05, 4.69) is 0 Å². The van der Waals surface area contributed by atoms with Gasteiger partial charge in [0.2, 0.25) is 0 Å². The molecule has 0 spiro atoms. The Morgan fingerprint density at radius 3 is 2.53 bits per heavy atom. The molecular weight excluding hydrogens is 238 g/mol. The number of carbonyl (C=O) groups is 1. The third-order valence-electron chi connectivity index (χ3n) is 2.65. The minimum Gasteiger partial charge on any atom is -0.480 e. The monoisotopic (exact) mass is 251 g/mol. The maximum atomic E-state index is 12.1. The lowest BCUT2D eigenvalue weighted by molar-refractivity contribution is -0.142. The largest absolute Gasteiger partial charge is 0.480 e. The number of benzene rings is 1. The zero-order valence-corrected chi connectivity index (χ0v) is 10.4. The molecule has 4 nitrogen and oxygen atoms in total. The second-order valence-electron chi connectivity index (χ2n) is 4.25. The number of fused-ring (bicyclic) bond motifs is 1. The van der Waals surface area contributed by atoms with Gasteiger partial charge in [0.15, 0.2) is 0 Å². The molecule has 0 radical (unpaired) electrons. The topological polar surface area (TPSA) is 59.3 Å². The highest BCUT2D eigenvalue weighted by atomic mass is 32.1. The minimum atomic E-state index is -0.964. The Morgan fingerprint density at radius 1 is 1.35 bits per heavy atom. The van der Waals surface area contributed by atoms with E-state index in [1.54, 1.807) is 26.0 Å². The van der Waals surface area contributed by atoms with E-state index in [0.29, 0.717) is 5.39 Å². The van der Waals surface area contributed by atoms with Gasteiger partial charge < -0.3 is 5.11 Å². The Labute approximate surface area is 102 Å². The molecule has 17 heavy (non-hydrogen) atoms. The van der Waals surface area contributed by atoms with E-state index in [1.807, 2.05) is 12.1 Å². The van der Waals surface area contributed by atoms with E-state index in [4.69, 9.17) is 0 Å². The van der Waals surface area contributed by atoms with Gasteiger partial charge in [-0.3, -0.25) is 4.79 Å². The summed E-state index contributed by atoms with van der Waals surface area (Å²) in [7, 11) is 0. The van der Waals surface area contributed by atoms with Crippen molar-refractivity contribution >= 4 is 27.6 Å². The highest BCUT2D eigenvalue weighted by molar-refractivity contribution is 7.14. The van der Waals surface area contributed by atoms with Crippen LogP contribution in [0.5, 0.6) is 0 Å². The van der Waals surface area contributed by atoms with E-state index < -0.39 is 12.0 Å². The fourth-order valence-electron chi connectivity index (χ4n) is 1.83. The van der Waals surface area contributed by atoms with Crippen molar-refractivity contribution in [1.82, 2.24) is 3.96 Å². The van der Waals surface area contributed by atoms with Crippen LogP contribution in [0.4, 0.5) is 0 Å². The standard InChI is InChI=1S/C12H13NO3S/c1-7(2)10(12(15)16)13-11(14)8-5-3-4-6-9(8)17-13/h3-7,10H,1-2H3,(H,15,16)/t10-/m0/s1. The number of nitrogens with zero attached hydrogens (tertiary/aromatic N) is 1. The van der Waals surface area contributed by atoms with Crippen LogP contribution in [0.2, 0.25) is 0 Å². The first-order chi connectivity index (χ1) is 8.02. The number of hydrogen-bond acceptors (Lipinski definition) is 3. The summed E-state index contributed by atoms with van der Waals surface area (Å²) in [4.78, 5) is 23.3. The predicted octanol–water partition coefficient (Wildman–Crippen LogP) is 2.34. The summed E-state index contributed by atoms with van der Waals surface area (Å²) in [5.41, 5.74) is -0.216. The molecule has 1 aromatic heterocycles. The Balaban J connectivity index is 2.66. The lowest BCUT2D eigenvalue weighted by Gasteiger charge is -2.15. The van der Waals surface area contributed by atoms with Gasteiger partial charge in [0, 0.05) is 0 Å². The number of carboxylic acids is 1. The van der Waals surface area contributed by atoms with Crippen LogP contribution in [-0.2, 0) is 4.79 Å². The van der Waals surface area contributed by atoms with Gasteiger partial charge in [0.1, 0.15) is 6.04 Å². The molecule has 0 aliphatic heterocycles. The molecule has 1 N–H and O–H groups in total. The Morgan fingerprint density at radius 2 is 2.00 bits per heavy atom. The van der Waals surface area contributed by atoms with E-state index >= 15 is 0 Å². The van der Waals surface area contributed by atoms with Crippen molar-refractivity contribution in [2.24, 2.45) is 5.92 Å². The van der Waals surface area contributed by atoms with Gasteiger partial charge in [-0.1, -0.05) is 37.5 Å².